The number of piperidine rings is 1. The second kappa shape index (κ2) is 5.01. The molecule has 1 aliphatic rings. The van der Waals surface area contributed by atoms with E-state index in [2.05, 4.69) is 18.7 Å². The maximum absolute atomic E-state index is 11.3. The molecular formula is C15H21NO2. The molecule has 2 unspecified atom stereocenters. The normalized spacial score (nSPS) is 24.1. The lowest BCUT2D eigenvalue weighted by atomic mass is 9.93. The number of benzene rings is 1. The molecular weight excluding hydrogens is 226 g/mol. The standard InChI is InChI=1S/C15H21NO2/c1-10-6-7-16(11(2)8-10)13-4-5-14(12(3)17)15(18)9-13/h4-5,9-11,18H,6-8H2,1-3H3. The zero-order chi connectivity index (χ0) is 13.3. The van der Waals surface area contributed by atoms with Crippen LogP contribution >= 0.6 is 0 Å². The number of Topliss-reactive ketones (excluding diaryl/α,β-unsaturated/α-hetero) is 1. The van der Waals surface area contributed by atoms with Gasteiger partial charge in [-0.05, 0) is 44.7 Å². The molecule has 0 amide bonds. The van der Waals surface area contributed by atoms with Crippen molar-refractivity contribution in [1.82, 2.24) is 0 Å². The third kappa shape index (κ3) is 2.50. The lowest BCUT2D eigenvalue weighted by Crippen LogP contribution is -2.40. The second-order valence-corrected chi connectivity index (χ2v) is 5.43. The zero-order valence-corrected chi connectivity index (χ0v) is 11.3. The quantitative estimate of drug-likeness (QED) is 0.816. The van der Waals surface area contributed by atoms with Gasteiger partial charge in [0, 0.05) is 24.3 Å². The summed E-state index contributed by atoms with van der Waals surface area (Å²) in [5.41, 5.74) is 1.41. The van der Waals surface area contributed by atoms with Gasteiger partial charge >= 0.3 is 0 Å². The molecule has 1 aromatic carbocycles. The van der Waals surface area contributed by atoms with Crippen LogP contribution in [-0.2, 0) is 0 Å². The number of hydrogen-bond acceptors (Lipinski definition) is 3. The fraction of sp³-hybridized carbons (Fsp3) is 0.533. The molecule has 0 saturated carbocycles. The van der Waals surface area contributed by atoms with Crippen molar-refractivity contribution in [1.29, 1.82) is 0 Å². The van der Waals surface area contributed by atoms with Crippen LogP contribution in [0.2, 0.25) is 0 Å². The number of aromatic hydroxyl groups is 1. The molecule has 0 aromatic heterocycles. The van der Waals surface area contributed by atoms with E-state index in [1.165, 1.54) is 19.8 Å². The zero-order valence-electron chi connectivity index (χ0n) is 11.3. The van der Waals surface area contributed by atoms with Crippen LogP contribution in [-0.4, -0.2) is 23.5 Å². The molecule has 3 heteroatoms. The van der Waals surface area contributed by atoms with Crippen molar-refractivity contribution in [3.8, 4) is 5.75 Å². The summed E-state index contributed by atoms with van der Waals surface area (Å²) in [6, 6.07) is 5.85. The van der Waals surface area contributed by atoms with Crippen LogP contribution in [0.1, 0.15) is 44.0 Å². The van der Waals surface area contributed by atoms with Gasteiger partial charge in [0.05, 0.1) is 5.56 Å². The van der Waals surface area contributed by atoms with Gasteiger partial charge in [-0.15, -0.1) is 0 Å². The molecule has 0 radical (unpaired) electrons. The topological polar surface area (TPSA) is 40.5 Å². The number of hydrogen-bond donors (Lipinski definition) is 1. The first-order chi connectivity index (χ1) is 8.49. The lowest BCUT2D eigenvalue weighted by molar-refractivity contribution is 0.101. The van der Waals surface area contributed by atoms with E-state index in [1.54, 1.807) is 12.1 Å². The average Bonchev–Trinajstić information content (AvgIpc) is 2.28. The Balaban J connectivity index is 2.24. The minimum absolute atomic E-state index is 0.0887. The first kappa shape index (κ1) is 12.9. The number of rotatable bonds is 2. The highest BCUT2D eigenvalue weighted by molar-refractivity contribution is 5.97. The predicted molar refractivity (Wildman–Crippen MR) is 73.3 cm³/mol. The maximum Gasteiger partial charge on any atom is 0.163 e. The van der Waals surface area contributed by atoms with Crippen molar-refractivity contribution in [3.05, 3.63) is 23.8 Å². The van der Waals surface area contributed by atoms with E-state index in [1.807, 2.05) is 6.07 Å². The third-order valence-electron chi connectivity index (χ3n) is 3.83. The van der Waals surface area contributed by atoms with Crippen molar-refractivity contribution in [2.75, 3.05) is 11.4 Å². The molecule has 1 fully saturated rings. The Labute approximate surface area is 108 Å². The number of phenolic OH excluding ortho intramolecular Hbond substituents is 1. The van der Waals surface area contributed by atoms with Crippen LogP contribution in [0.5, 0.6) is 5.75 Å². The molecule has 1 saturated heterocycles. The highest BCUT2D eigenvalue weighted by Gasteiger charge is 2.23. The van der Waals surface area contributed by atoms with Gasteiger partial charge in [-0.3, -0.25) is 4.79 Å². The van der Waals surface area contributed by atoms with Crippen molar-refractivity contribution in [2.45, 2.75) is 39.7 Å². The summed E-state index contributed by atoms with van der Waals surface area (Å²) in [4.78, 5) is 13.6. The maximum atomic E-state index is 11.3. The fourth-order valence-corrected chi connectivity index (χ4v) is 2.79. The molecule has 18 heavy (non-hydrogen) atoms. The highest BCUT2D eigenvalue weighted by atomic mass is 16.3. The third-order valence-corrected chi connectivity index (χ3v) is 3.83. The van der Waals surface area contributed by atoms with Gasteiger partial charge in [-0.25, -0.2) is 0 Å². The van der Waals surface area contributed by atoms with Crippen LogP contribution in [0.4, 0.5) is 5.69 Å². The van der Waals surface area contributed by atoms with Gasteiger partial charge in [0.2, 0.25) is 0 Å². The summed E-state index contributed by atoms with van der Waals surface area (Å²) in [5.74, 6) is 0.756. The predicted octanol–water partition coefficient (Wildman–Crippen LogP) is 3.22. The number of carbonyl (C=O) groups excluding carboxylic acids is 1. The molecule has 2 atom stereocenters. The summed E-state index contributed by atoms with van der Waals surface area (Å²) >= 11 is 0. The Bertz CT molecular complexity index is 456. The minimum atomic E-state index is -0.0978. The summed E-state index contributed by atoms with van der Waals surface area (Å²) in [5, 5.41) is 9.88. The van der Waals surface area contributed by atoms with Gasteiger partial charge in [-0.2, -0.15) is 0 Å². The molecule has 2 rings (SSSR count). The molecule has 1 N–H and O–H groups in total. The van der Waals surface area contributed by atoms with Gasteiger partial charge in [0.1, 0.15) is 5.75 Å². The van der Waals surface area contributed by atoms with Gasteiger partial charge in [0.15, 0.2) is 5.78 Å². The average molecular weight is 247 g/mol. The first-order valence-electron chi connectivity index (χ1n) is 6.59. The van der Waals surface area contributed by atoms with Crippen LogP contribution < -0.4 is 4.90 Å². The lowest BCUT2D eigenvalue weighted by Gasteiger charge is -2.38. The molecule has 1 heterocycles. The molecule has 1 aliphatic heterocycles. The van der Waals surface area contributed by atoms with Crippen molar-refractivity contribution < 1.29 is 9.90 Å². The largest absolute Gasteiger partial charge is 0.507 e. The molecule has 0 bridgehead atoms. The van der Waals surface area contributed by atoms with E-state index in [-0.39, 0.29) is 11.5 Å². The minimum Gasteiger partial charge on any atom is -0.507 e. The Kier molecular flexibility index (Phi) is 3.60. The number of carbonyl (C=O) groups is 1. The van der Waals surface area contributed by atoms with E-state index in [4.69, 9.17) is 0 Å². The van der Waals surface area contributed by atoms with E-state index in [0.29, 0.717) is 11.6 Å². The smallest absolute Gasteiger partial charge is 0.163 e. The fourth-order valence-electron chi connectivity index (χ4n) is 2.79. The highest BCUT2D eigenvalue weighted by Crippen LogP contribution is 2.31. The summed E-state index contributed by atoms with van der Waals surface area (Å²) < 4.78 is 0. The van der Waals surface area contributed by atoms with Gasteiger partial charge in [0.25, 0.3) is 0 Å². The van der Waals surface area contributed by atoms with E-state index in [9.17, 15) is 9.90 Å². The Morgan fingerprint density at radius 3 is 2.67 bits per heavy atom. The summed E-state index contributed by atoms with van der Waals surface area (Å²) in [6.45, 7) is 6.98. The number of nitrogens with zero attached hydrogens (tertiary/aromatic N) is 1. The van der Waals surface area contributed by atoms with Gasteiger partial charge in [-0.1, -0.05) is 6.92 Å². The second-order valence-electron chi connectivity index (χ2n) is 5.43. The van der Waals surface area contributed by atoms with E-state index >= 15 is 0 Å². The van der Waals surface area contributed by atoms with E-state index in [0.717, 1.165) is 18.2 Å². The van der Waals surface area contributed by atoms with Crippen molar-refractivity contribution in [3.63, 3.8) is 0 Å². The Morgan fingerprint density at radius 2 is 2.11 bits per heavy atom. The summed E-state index contributed by atoms with van der Waals surface area (Å²) in [6.07, 6.45) is 2.36. The van der Waals surface area contributed by atoms with Crippen LogP contribution in [0, 0.1) is 5.92 Å². The first-order valence-corrected chi connectivity index (χ1v) is 6.59. The van der Waals surface area contributed by atoms with Crippen molar-refractivity contribution in [2.24, 2.45) is 5.92 Å². The molecule has 1 aromatic rings. The Morgan fingerprint density at radius 1 is 1.39 bits per heavy atom. The number of anilines is 1. The molecule has 3 nitrogen and oxygen atoms in total. The molecule has 98 valence electrons. The Hall–Kier alpha value is -1.51. The van der Waals surface area contributed by atoms with Crippen LogP contribution in [0.25, 0.3) is 0 Å². The molecule has 0 spiro atoms. The van der Waals surface area contributed by atoms with Gasteiger partial charge < -0.3 is 10.0 Å². The number of phenols is 1. The monoisotopic (exact) mass is 247 g/mol. The SMILES string of the molecule is CC(=O)c1ccc(N2CCC(C)CC2C)cc1O. The van der Waals surface area contributed by atoms with Crippen LogP contribution in [0.3, 0.4) is 0 Å². The van der Waals surface area contributed by atoms with Crippen LogP contribution in [0.15, 0.2) is 18.2 Å². The van der Waals surface area contributed by atoms with Crippen molar-refractivity contribution >= 4 is 11.5 Å². The van der Waals surface area contributed by atoms with E-state index < -0.39 is 0 Å². The molecule has 0 aliphatic carbocycles. The number of ketones is 1. The summed E-state index contributed by atoms with van der Waals surface area (Å²) in [7, 11) is 0.